The van der Waals surface area contributed by atoms with Gasteiger partial charge in [0.05, 0.1) is 18.1 Å². The predicted molar refractivity (Wildman–Crippen MR) is 149 cm³/mol. The lowest BCUT2D eigenvalue weighted by Crippen LogP contribution is -2.55. The Morgan fingerprint density at radius 3 is 2.28 bits per heavy atom. The van der Waals surface area contributed by atoms with Crippen LogP contribution in [-0.4, -0.2) is 76.1 Å². The van der Waals surface area contributed by atoms with Crippen LogP contribution in [0.1, 0.15) is 18.4 Å². The van der Waals surface area contributed by atoms with E-state index in [9.17, 15) is 18.0 Å². The zero-order valence-corrected chi connectivity index (χ0v) is 22.6. The summed E-state index contributed by atoms with van der Waals surface area (Å²) < 4.78 is 30.9. The Kier molecular flexibility index (Phi) is 11.3. The lowest BCUT2D eigenvalue weighted by atomic mass is 10.0. The molecule has 0 radical (unpaired) electrons. The second-order valence-electron chi connectivity index (χ2n) is 9.04. The molecule has 2 atom stereocenters. The fourth-order valence-electron chi connectivity index (χ4n) is 3.97. The number of ether oxygens (including phenoxy) is 1. The Morgan fingerprint density at radius 1 is 1.00 bits per heavy atom. The second kappa shape index (κ2) is 14.9. The van der Waals surface area contributed by atoms with Gasteiger partial charge in [-0.25, -0.2) is 13.2 Å². The van der Waals surface area contributed by atoms with E-state index in [0.717, 1.165) is 11.0 Å². The smallest absolute Gasteiger partial charge is 0.318 e. The molecule has 210 valence electrons. The van der Waals surface area contributed by atoms with E-state index in [0.29, 0.717) is 45.7 Å². The van der Waals surface area contributed by atoms with E-state index in [-0.39, 0.29) is 23.3 Å². The number of morpholine rings is 1. The average molecular weight is 557 g/mol. The molecule has 39 heavy (non-hydrogen) atoms. The number of hydrogen-bond acceptors (Lipinski definition) is 6. The standard InChI is InChI=1S/C27H36N6O5S/c28-26(29)30-14-7-10-22(13-19-39(36,37)23-11-5-2-6-12-23)31-25(34)24(20-21-8-3-1-4-9-21)32-27(35)33-15-17-38-18-16-33/h1-6,8-9,11-13,19,22,24H,7,10,14-18,20H2,(H,31,34)(H,32,35)(H4,28,29,30)/b19-13+/t22-,24-/m0/s1. The molecule has 1 heterocycles. The van der Waals surface area contributed by atoms with Crippen molar-refractivity contribution >= 4 is 27.7 Å². The molecule has 12 heteroatoms. The van der Waals surface area contributed by atoms with Crippen LogP contribution in [0.3, 0.4) is 0 Å². The Hall–Kier alpha value is -3.90. The average Bonchev–Trinajstić information content (AvgIpc) is 2.94. The van der Waals surface area contributed by atoms with E-state index >= 15 is 0 Å². The summed E-state index contributed by atoms with van der Waals surface area (Å²) in [5.74, 6) is -0.486. The molecule has 1 aliphatic rings. The summed E-state index contributed by atoms with van der Waals surface area (Å²) in [6.45, 7) is 2.04. The SMILES string of the molecule is NC(N)=NCCC[C@@H](/C=C/S(=O)(=O)c1ccccc1)NC(=O)[C@H](Cc1ccccc1)NC(=O)N1CCOCC1. The van der Waals surface area contributed by atoms with E-state index in [1.54, 1.807) is 23.1 Å². The van der Waals surface area contributed by atoms with Crippen LogP contribution in [0, 0.1) is 0 Å². The van der Waals surface area contributed by atoms with Crippen LogP contribution >= 0.6 is 0 Å². The molecule has 1 aliphatic heterocycles. The molecule has 6 N–H and O–H groups in total. The molecule has 0 saturated carbocycles. The number of urea groups is 1. The van der Waals surface area contributed by atoms with Crippen molar-refractivity contribution in [2.45, 2.75) is 36.2 Å². The molecule has 11 nitrogen and oxygen atoms in total. The molecule has 0 spiro atoms. The van der Waals surface area contributed by atoms with Gasteiger partial charge in [-0.1, -0.05) is 54.6 Å². The molecule has 1 saturated heterocycles. The van der Waals surface area contributed by atoms with E-state index in [2.05, 4.69) is 15.6 Å². The Morgan fingerprint density at radius 2 is 1.64 bits per heavy atom. The zero-order chi connectivity index (χ0) is 28.1. The zero-order valence-electron chi connectivity index (χ0n) is 21.7. The van der Waals surface area contributed by atoms with Crippen LogP contribution in [0.5, 0.6) is 0 Å². The van der Waals surface area contributed by atoms with Gasteiger partial charge in [-0.2, -0.15) is 0 Å². The van der Waals surface area contributed by atoms with Crippen molar-refractivity contribution in [3.05, 3.63) is 77.7 Å². The summed E-state index contributed by atoms with van der Waals surface area (Å²) in [6.07, 6.45) is 2.56. The number of guanidine groups is 1. The van der Waals surface area contributed by atoms with Crippen LogP contribution in [0.2, 0.25) is 0 Å². The first-order valence-electron chi connectivity index (χ1n) is 12.8. The number of sulfone groups is 1. The molecule has 0 aliphatic carbocycles. The Bertz CT molecular complexity index is 1230. The van der Waals surface area contributed by atoms with Gasteiger partial charge in [-0.05, 0) is 30.5 Å². The topological polar surface area (TPSA) is 169 Å². The summed E-state index contributed by atoms with van der Waals surface area (Å²) in [5, 5.41) is 6.83. The number of nitrogens with zero attached hydrogens (tertiary/aromatic N) is 2. The molecular weight excluding hydrogens is 520 g/mol. The van der Waals surface area contributed by atoms with Gasteiger partial charge < -0.3 is 31.7 Å². The fourth-order valence-corrected chi connectivity index (χ4v) is 5.06. The van der Waals surface area contributed by atoms with Gasteiger partial charge in [0.1, 0.15) is 6.04 Å². The maximum Gasteiger partial charge on any atom is 0.318 e. The lowest BCUT2D eigenvalue weighted by Gasteiger charge is -2.29. The molecule has 3 amide bonds. The van der Waals surface area contributed by atoms with Crippen molar-refractivity contribution < 1.29 is 22.7 Å². The van der Waals surface area contributed by atoms with Gasteiger partial charge in [-0.15, -0.1) is 0 Å². The maximum atomic E-state index is 13.5. The van der Waals surface area contributed by atoms with Crippen molar-refractivity contribution in [1.82, 2.24) is 15.5 Å². The van der Waals surface area contributed by atoms with Crippen molar-refractivity contribution in [3.63, 3.8) is 0 Å². The molecular formula is C27H36N6O5S. The lowest BCUT2D eigenvalue weighted by molar-refractivity contribution is -0.123. The molecule has 1 fully saturated rings. The Balaban J connectivity index is 1.78. The van der Waals surface area contributed by atoms with Gasteiger partial charge in [0.15, 0.2) is 15.8 Å². The number of amides is 3. The highest BCUT2D eigenvalue weighted by Crippen LogP contribution is 2.13. The number of rotatable bonds is 12. The van der Waals surface area contributed by atoms with Gasteiger partial charge in [0.2, 0.25) is 5.91 Å². The number of nitrogens with two attached hydrogens (primary N) is 2. The van der Waals surface area contributed by atoms with Gasteiger partial charge >= 0.3 is 6.03 Å². The molecule has 0 unspecified atom stereocenters. The van der Waals surface area contributed by atoms with E-state index in [1.165, 1.54) is 18.2 Å². The van der Waals surface area contributed by atoms with E-state index in [1.807, 2.05) is 30.3 Å². The molecule has 2 aromatic carbocycles. The number of hydrogen-bond donors (Lipinski definition) is 4. The summed E-state index contributed by atoms with van der Waals surface area (Å²) in [5.41, 5.74) is 11.7. The summed E-state index contributed by atoms with van der Waals surface area (Å²) in [4.78, 5) is 32.1. The van der Waals surface area contributed by atoms with Crippen LogP contribution in [0.4, 0.5) is 4.79 Å². The second-order valence-corrected chi connectivity index (χ2v) is 10.9. The first kappa shape index (κ1) is 29.7. The third-order valence-corrected chi connectivity index (χ3v) is 7.50. The normalized spacial score (nSPS) is 15.3. The minimum atomic E-state index is -3.73. The van der Waals surface area contributed by atoms with Crippen molar-refractivity contribution in [2.24, 2.45) is 16.5 Å². The monoisotopic (exact) mass is 556 g/mol. The first-order valence-corrected chi connectivity index (χ1v) is 14.3. The van der Waals surface area contributed by atoms with Crippen LogP contribution in [0.25, 0.3) is 0 Å². The molecule has 0 aromatic heterocycles. The highest BCUT2D eigenvalue weighted by Gasteiger charge is 2.26. The van der Waals surface area contributed by atoms with Crippen LogP contribution in [-0.2, 0) is 25.8 Å². The van der Waals surface area contributed by atoms with Crippen molar-refractivity contribution in [2.75, 3.05) is 32.8 Å². The quantitative estimate of drug-likeness (QED) is 0.173. The van der Waals surface area contributed by atoms with Gasteiger partial charge in [0, 0.05) is 37.5 Å². The number of carbonyl (C=O) groups excluding carboxylic acids is 2. The predicted octanol–water partition coefficient (Wildman–Crippen LogP) is 1.17. The minimum absolute atomic E-state index is 0.0495. The van der Waals surface area contributed by atoms with Gasteiger partial charge in [-0.3, -0.25) is 9.79 Å². The van der Waals surface area contributed by atoms with Crippen molar-refractivity contribution in [3.8, 4) is 0 Å². The maximum absolute atomic E-state index is 13.5. The number of carbonyl (C=O) groups is 2. The Labute approximate surface area is 229 Å². The number of aliphatic imine (C=N–C) groups is 1. The van der Waals surface area contributed by atoms with Crippen LogP contribution in [0.15, 0.2) is 82.0 Å². The van der Waals surface area contributed by atoms with E-state index in [4.69, 9.17) is 16.2 Å². The largest absolute Gasteiger partial charge is 0.378 e. The van der Waals surface area contributed by atoms with E-state index < -0.39 is 27.8 Å². The third-order valence-electron chi connectivity index (χ3n) is 6.05. The molecule has 0 bridgehead atoms. The summed E-state index contributed by atoms with van der Waals surface area (Å²) in [6, 6.07) is 15.5. The summed E-state index contributed by atoms with van der Waals surface area (Å²) in [7, 11) is -3.73. The fraction of sp³-hybridized carbons (Fsp3) is 0.370. The highest BCUT2D eigenvalue weighted by molar-refractivity contribution is 7.94. The van der Waals surface area contributed by atoms with Gasteiger partial charge in [0.25, 0.3) is 0 Å². The van der Waals surface area contributed by atoms with Crippen molar-refractivity contribution in [1.29, 1.82) is 0 Å². The number of benzene rings is 2. The number of nitrogens with one attached hydrogen (secondary N) is 2. The summed E-state index contributed by atoms with van der Waals surface area (Å²) >= 11 is 0. The highest BCUT2D eigenvalue weighted by atomic mass is 32.2. The molecule has 3 rings (SSSR count). The first-order chi connectivity index (χ1) is 18.7. The minimum Gasteiger partial charge on any atom is -0.378 e. The third kappa shape index (κ3) is 10.1. The molecule has 2 aromatic rings. The van der Waals surface area contributed by atoms with Crippen LogP contribution < -0.4 is 22.1 Å².